The standard InChI is InChI=1S/C27H19N3O3S/c1-2-32-20-10-8-19(9-11-20)29-15-18(14-28)26-30-24(16-34-26)23-13-22-21-6-4-3-5-17(21)7-12-25(22)33-27(23)31/h3-13,15-16,29H,2H2,1H3/b18-15-. The monoisotopic (exact) mass is 465 g/mol. The smallest absolute Gasteiger partial charge is 0.345 e. The average Bonchev–Trinajstić information content (AvgIpc) is 3.35. The molecule has 0 unspecified atom stereocenters. The zero-order valence-electron chi connectivity index (χ0n) is 18.2. The van der Waals surface area contributed by atoms with Gasteiger partial charge in [-0.3, -0.25) is 0 Å². The van der Waals surface area contributed by atoms with Crippen molar-refractivity contribution < 1.29 is 9.15 Å². The van der Waals surface area contributed by atoms with Crippen molar-refractivity contribution >= 4 is 44.3 Å². The Morgan fingerprint density at radius 3 is 2.76 bits per heavy atom. The van der Waals surface area contributed by atoms with Gasteiger partial charge in [-0.2, -0.15) is 5.26 Å². The maximum atomic E-state index is 12.7. The number of hydrogen-bond donors (Lipinski definition) is 1. The molecule has 0 aliphatic carbocycles. The number of ether oxygens (including phenoxy) is 1. The second-order valence-electron chi connectivity index (χ2n) is 7.46. The number of anilines is 1. The van der Waals surface area contributed by atoms with Gasteiger partial charge in [0.2, 0.25) is 0 Å². The summed E-state index contributed by atoms with van der Waals surface area (Å²) in [6, 6.07) is 23.1. The van der Waals surface area contributed by atoms with Crippen LogP contribution in [-0.4, -0.2) is 11.6 Å². The number of rotatable bonds is 6. The summed E-state index contributed by atoms with van der Waals surface area (Å²) in [4.78, 5) is 17.3. The zero-order valence-corrected chi connectivity index (χ0v) is 19.1. The largest absolute Gasteiger partial charge is 0.494 e. The Kier molecular flexibility index (Phi) is 5.81. The molecule has 166 valence electrons. The van der Waals surface area contributed by atoms with Crippen LogP contribution in [0.5, 0.6) is 5.75 Å². The van der Waals surface area contributed by atoms with Gasteiger partial charge < -0.3 is 14.5 Å². The van der Waals surface area contributed by atoms with Gasteiger partial charge in [-0.25, -0.2) is 9.78 Å². The van der Waals surface area contributed by atoms with Crippen LogP contribution in [0.15, 0.2) is 87.5 Å². The molecular formula is C27H19N3O3S. The predicted molar refractivity (Wildman–Crippen MR) is 136 cm³/mol. The molecule has 0 aliphatic rings. The predicted octanol–water partition coefficient (Wildman–Crippen LogP) is 6.44. The van der Waals surface area contributed by atoms with E-state index in [0.29, 0.717) is 34.0 Å². The maximum Gasteiger partial charge on any atom is 0.345 e. The molecule has 0 amide bonds. The van der Waals surface area contributed by atoms with Crippen molar-refractivity contribution in [2.24, 2.45) is 0 Å². The van der Waals surface area contributed by atoms with Gasteiger partial charge >= 0.3 is 5.63 Å². The molecule has 2 heterocycles. The number of thiazole rings is 1. The summed E-state index contributed by atoms with van der Waals surface area (Å²) in [6.07, 6.45) is 1.61. The van der Waals surface area contributed by atoms with Crippen LogP contribution in [0.4, 0.5) is 5.69 Å². The molecule has 0 aliphatic heterocycles. The summed E-state index contributed by atoms with van der Waals surface area (Å²) in [6.45, 7) is 2.53. The Labute approximate surface area is 199 Å². The van der Waals surface area contributed by atoms with Gasteiger partial charge in [0.1, 0.15) is 28.0 Å². The van der Waals surface area contributed by atoms with Gasteiger partial charge in [0, 0.05) is 22.7 Å². The van der Waals surface area contributed by atoms with E-state index < -0.39 is 5.63 Å². The molecule has 3 aromatic carbocycles. The van der Waals surface area contributed by atoms with Crippen LogP contribution in [0.3, 0.4) is 0 Å². The maximum absolute atomic E-state index is 12.7. The van der Waals surface area contributed by atoms with E-state index in [0.717, 1.165) is 27.6 Å². The lowest BCUT2D eigenvalue weighted by Gasteiger charge is -2.05. The van der Waals surface area contributed by atoms with Crippen molar-refractivity contribution in [3.05, 3.63) is 93.7 Å². The topological polar surface area (TPSA) is 88.2 Å². The summed E-state index contributed by atoms with van der Waals surface area (Å²) in [5.41, 5.74) is 2.08. The first kappa shape index (κ1) is 21.4. The quantitative estimate of drug-likeness (QED) is 0.176. The highest BCUT2D eigenvalue weighted by molar-refractivity contribution is 7.11. The molecule has 0 saturated heterocycles. The number of allylic oxidation sites excluding steroid dienone is 1. The molecule has 0 saturated carbocycles. The van der Waals surface area contributed by atoms with Gasteiger partial charge in [0.15, 0.2) is 0 Å². The van der Waals surface area contributed by atoms with E-state index in [2.05, 4.69) is 16.4 Å². The van der Waals surface area contributed by atoms with Crippen molar-refractivity contribution in [2.75, 3.05) is 11.9 Å². The Hall–Kier alpha value is -4.41. The molecule has 5 aromatic rings. The van der Waals surface area contributed by atoms with Crippen molar-refractivity contribution in [2.45, 2.75) is 6.92 Å². The van der Waals surface area contributed by atoms with Crippen LogP contribution in [0.1, 0.15) is 11.9 Å². The summed E-state index contributed by atoms with van der Waals surface area (Å²) in [7, 11) is 0. The summed E-state index contributed by atoms with van der Waals surface area (Å²) in [5, 5.41) is 18.0. The highest BCUT2D eigenvalue weighted by atomic mass is 32.1. The first-order valence-electron chi connectivity index (χ1n) is 10.7. The van der Waals surface area contributed by atoms with Crippen molar-refractivity contribution in [1.29, 1.82) is 5.26 Å². The van der Waals surface area contributed by atoms with E-state index >= 15 is 0 Å². The second-order valence-corrected chi connectivity index (χ2v) is 8.31. The Morgan fingerprint density at radius 2 is 1.97 bits per heavy atom. The molecular weight excluding hydrogens is 446 g/mol. The average molecular weight is 466 g/mol. The fourth-order valence-corrected chi connectivity index (χ4v) is 4.47. The van der Waals surface area contributed by atoms with E-state index in [9.17, 15) is 10.1 Å². The minimum atomic E-state index is -0.463. The van der Waals surface area contributed by atoms with E-state index in [1.807, 2.05) is 67.6 Å². The molecule has 34 heavy (non-hydrogen) atoms. The van der Waals surface area contributed by atoms with Gasteiger partial charge in [-0.05, 0) is 54.1 Å². The summed E-state index contributed by atoms with van der Waals surface area (Å²) < 4.78 is 11.0. The Bertz CT molecular complexity index is 1630. The minimum absolute atomic E-state index is 0.362. The first-order chi connectivity index (χ1) is 16.7. The fourth-order valence-electron chi connectivity index (χ4n) is 3.68. The second kappa shape index (κ2) is 9.22. The SMILES string of the molecule is CCOc1ccc(N/C=C(/C#N)c2nc(-c3cc4c(ccc5ccccc54)oc3=O)cs2)cc1. The lowest BCUT2D eigenvalue weighted by molar-refractivity contribution is 0.340. The highest BCUT2D eigenvalue weighted by Crippen LogP contribution is 2.30. The van der Waals surface area contributed by atoms with Crippen LogP contribution >= 0.6 is 11.3 Å². The minimum Gasteiger partial charge on any atom is -0.494 e. The third kappa shape index (κ3) is 4.15. The number of hydrogen-bond acceptors (Lipinski definition) is 7. The van der Waals surface area contributed by atoms with Crippen LogP contribution in [0.2, 0.25) is 0 Å². The van der Waals surface area contributed by atoms with Crippen molar-refractivity contribution in [3.63, 3.8) is 0 Å². The van der Waals surface area contributed by atoms with Crippen LogP contribution in [0.25, 0.3) is 38.6 Å². The molecule has 0 radical (unpaired) electrons. The number of nitriles is 1. The third-order valence-electron chi connectivity index (χ3n) is 5.32. The number of nitrogens with one attached hydrogen (secondary N) is 1. The van der Waals surface area contributed by atoms with Crippen molar-refractivity contribution in [1.82, 2.24) is 4.98 Å². The van der Waals surface area contributed by atoms with E-state index in [-0.39, 0.29) is 0 Å². The molecule has 6 nitrogen and oxygen atoms in total. The van der Waals surface area contributed by atoms with Crippen LogP contribution < -0.4 is 15.7 Å². The molecule has 2 aromatic heterocycles. The van der Waals surface area contributed by atoms with Gasteiger partial charge in [-0.1, -0.05) is 30.3 Å². The lowest BCUT2D eigenvalue weighted by Crippen LogP contribution is -2.03. The molecule has 0 bridgehead atoms. The first-order valence-corrected chi connectivity index (χ1v) is 11.6. The summed E-state index contributed by atoms with van der Waals surface area (Å²) in [5.74, 6) is 0.782. The fraction of sp³-hybridized carbons (Fsp3) is 0.0741. The van der Waals surface area contributed by atoms with Crippen LogP contribution in [0, 0.1) is 11.3 Å². The molecule has 1 N–H and O–H groups in total. The molecule has 5 rings (SSSR count). The Balaban J connectivity index is 1.47. The summed E-state index contributed by atoms with van der Waals surface area (Å²) >= 11 is 1.30. The van der Waals surface area contributed by atoms with E-state index in [1.54, 1.807) is 17.6 Å². The number of fused-ring (bicyclic) bond motifs is 3. The molecule has 7 heteroatoms. The normalized spacial score (nSPS) is 11.5. The number of nitrogens with zero attached hydrogens (tertiary/aromatic N) is 2. The van der Waals surface area contributed by atoms with Gasteiger partial charge in [0.05, 0.1) is 17.9 Å². The zero-order chi connectivity index (χ0) is 23.5. The van der Waals surface area contributed by atoms with Crippen LogP contribution in [-0.2, 0) is 0 Å². The highest BCUT2D eigenvalue weighted by Gasteiger charge is 2.15. The van der Waals surface area contributed by atoms with E-state index in [4.69, 9.17) is 9.15 Å². The molecule has 0 spiro atoms. The third-order valence-corrected chi connectivity index (χ3v) is 6.20. The van der Waals surface area contributed by atoms with E-state index in [1.165, 1.54) is 11.3 Å². The Morgan fingerprint density at radius 1 is 1.15 bits per heavy atom. The lowest BCUT2D eigenvalue weighted by atomic mass is 10.0. The molecule has 0 fully saturated rings. The van der Waals surface area contributed by atoms with Gasteiger partial charge in [0.25, 0.3) is 0 Å². The van der Waals surface area contributed by atoms with Crippen molar-refractivity contribution in [3.8, 4) is 23.1 Å². The molecule has 0 atom stereocenters. The van der Waals surface area contributed by atoms with Gasteiger partial charge in [-0.15, -0.1) is 11.3 Å². The number of aromatic nitrogens is 1. The number of benzene rings is 3.